The van der Waals surface area contributed by atoms with E-state index in [1.54, 1.807) is 12.1 Å². The van der Waals surface area contributed by atoms with Crippen molar-refractivity contribution in [3.8, 4) is 6.07 Å². The summed E-state index contributed by atoms with van der Waals surface area (Å²) in [5.74, 6) is 0. The van der Waals surface area contributed by atoms with Crippen LogP contribution in [0.2, 0.25) is 5.02 Å². The van der Waals surface area contributed by atoms with Gasteiger partial charge in [-0.2, -0.15) is 5.26 Å². The van der Waals surface area contributed by atoms with Crippen LogP contribution in [0.15, 0.2) is 52.3 Å². The number of benzene rings is 2. The first-order valence-corrected chi connectivity index (χ1v) is 8.92. The molecule has 0 spiro atoms. The molecule has 0 aliphatic heterocycles. The zero-order chi connectivity index (χ0) is 15.5. The molecule has 4 nitrogen and oxygen atoms in total. The maximum atomic E-state index is 12.4. The lowest BCUT2D eigenvalue weighted by molar-refractivity contribution is 0.601. The highest BCUT2D eigenvalue weighted by Crippen LogP contribution is 2.29. The van der Waals surface area contributed by atoms with E-state index in [1.165, 1.54) is 30.0 Å². The van der Waals surface area contributed by atoms with Crippen LogP contribution in [0, 0.1) is 11.3 Å². The summed E-state index contributed by atoms with van der Waals surface area (Å²) < 4.78 is 27.4. The first kappa shape index (κ1) is 15.7. The van der Waals surface area contributed by atoms with Crippen LogP contribution in [0.5, 0.6) is 0 Å². The fourth-order valence-corrected chi connectivity index (χ4v) is 3.93. The van der Waals surface area contributed by atoms with Crippen LogP contribution in [-0.2, 0) is 10.0 Å². The first-order chi connectivity index (χ1) is 9.97. The van der Waals surface area contributed by atoms with Crippen LogP contribution in [-0.4, -0.2) is 14.7 Å². The predicted molar refractivity (Wildman–Crippen MR) is 85.2 cm³/mol. The number of hydrogen-bond donors (Lipinski definition) is 1. The molecule has 2 aromatic carbocycles. The molecule has 2 aromatic rings. The quantitative estimate of drug-likeness (QED) is 0.862. The Labute approximate surface area is 132 Å². The Morgan fingerprint density at radius 2 is 1.95 bits per heavy atom. The maximum absolute atomic E-state index is 12.4. The van der Waals surface area contributed by atoms with Gasteiger partial charge in [-0.05, 0) is 36.6 Å². The van der Waals surface area contributed by atoms with Gasteiger partial charge in [0, 0.05) is 4.90 Å². The summed E-state index contributed by atoms with van der Waals surface area (Å²) in [4.78, 5) is 0.688. The monoisotopic (exact) mass is 338 g/mol. The zero-order valence-electron chi connectivity index (χ0n) is 11.0. The molecule has 0 saturated heterocycles. The number of hydrogen-bond acceptors (Lipinski definition) is 4. The van der Waals surface area contributed by atoms with Crippen LogP contribution in [0.3, 0.4) is 0 Å². The van der Waals surface area contributed by atoms with Crippen LogP contribution >= 0.6 is 23.4 Å². The fraction of sp³-hybridized carbons (Fsp3) is 0.0714. The normalized spacial score (nSPS) is 10.9. The first-order valence-electron chi connectivity index (χ1n) is 5.83. The standard InChI is InChI=1S/C14H11ClN2O2S2/c1-20-13-5-3-2-4-12(13)17-21(18,19)14-8-10(9-16)6-7-11(14)15/h2-8,17H,1H3. The van der Waals surface area contributed by atoms with Crippen molar-refractivity contribution in [1.82, 2.24) is 0 Å². The van der Waals surface area contributed by atoms with Gasteiger partial charge in [0.2, 0.25) is 0 Å². The molecule has 21 heavy (non-hydrogen) atoms. The molecule has 0 aromatic heterocycles. The average Bonchev–Trinajstić information content (AvgIpc) is 2.47. The summed E-state index contributed by atoms with van der Waals surface area (Å²) in [6, 6.07) is 13.1. The van der Waals surface area contributed by atoms with Crippen molar-refractivity contribution in [2.45, 2.75) is 9.79 Å². The number of nitrogens with one attached hydrogen (secondary N) is 1. The van der Waals surface area contributed by atoms with E-state index in [9.17, 15) is 8.42 Å². The average molecular weight is 339 g/mol. The Balaban J connectivity index is 2.46. The Hall–Kier alpha value is -1.68. The molecule has 0 fully saturated rings. The molecule has 0 unspecified atom stereocenters. The number of nitriles is 1. The number of para-hydroxylation sites is 1. The molecule has 7 heteroatoms. The molecule has 0 bridgehead atoms. The van der Waals surface area contributed by atoms with Gasteiger partial charge < -0.3 is 0 Å². The van der Waals surface area contributed by atoms with E-state index in [-0.39, 0.29) is 15.5 Å². The molecular formula is C14H11ClN2O2S2. The minimum Gasteiger partial charge on any atom is -0.278 e. The van der Waals surface area contributed by atoms with Crippen LogP contribution < -0.4 is 4.72 Å². The summed E-state index contributed by atoms with van der Waals surface area (Å²) in [5, 5.41) is 8.95. The molecule has 0 aliphatic rings. The van der Waals surface area contributed by atoms with Crippen LogP contribution in [0.4, 0.5) is 5.69 Å². The van der Waals surface area contributed by atoms with E-state index in [0.717, 1.165) is 4.90 Å². The van der Waals surface area contributed by atoms with E-state index in [4.69, 9.17) is 16.9 Å². The molecule has 0 amide bonds. The maximum Gasteiger partial charge on any atom is 0.263 e. The van der Waals surface area contributed by atoms with Gasteiger partial charge in [-0.3, -0.25) is 4.72 Å². The summed E-state index contributed by atoms with van der Waals surface area (Å²) >= 11 is 7.37. The summed E-state index contributed by atoms with van der Waals surface area (Å²) in [6.07, 6.45) is 1.86. The summed E-state index contributed by atoms with van der Waals surface area (Å²) in [7, 11) is -3.86. The number of thioether (sulfide) groups is 1. The van der Waals surface area contributed by atoms with E-state index in [2.05, 4.69) is 4.72 Å². The number of sulfonamides is 1. The third-order valence-electron chi connectivity index (χ3n) is 2.70. The van der Waals surface area contributed by atoms with Crippen molar-refractivity contribution in [3.63, 3.8) is 0 Å². The Morgan fingerprint density at radius 3 is 2.62 bits per heavy atom. The van der Waals surface area contributed by atoms with Gasteiger partial charge in [-0.25, -0.2) is 8.42 Å². The molecular weight excluding hydrogens is 328 g/mol. The van der Waals surface area contributed by atoms with Crippen molar-refractivity contribution < 1.29 is 8.42 Å². The second-order valence-corrected chi connectivity index (χ2v) is 6.97. The Morgan fingerprint density at radius 1 is 1.24 bits per heavy atom. The third-order valence-corrected chi connectivity index (χ3v) is 5.34. The predicted octanol–water partition coefficient (Wildman–Crippen LogP) is 3.73. The summed E-state index contributed by atoms with van der Waals surface area (Å²) in [5.41, 5.74) is 0.710. The minimum absolute atomic E-state index is 0.0723. The van der Waals surface area contributed by atoms with E-state index in [0.29, 0.717) is 5.69 Å². The molecule has 1 N–H and O–H groups in total. The minimum atomic E-state index is -3.86. The molecule has 0 saturated carbocycles. The highest BCUT2D eigenvalue weighted by molar-refractivity contribution is 7.99. The zero-order valence-corrected chi connectivity index (χ0v) is 13.4. The van der Waals surface area contributed by atoms with Crippen molar-refractivity contribution in [1.29, 1.82) is 5.26 Å². The molecule has 2 rings (SSSR count). The van der Waals surface area contributed by atoms with Crippen LogP contribution in [0.25, 0.3) is 0 Å². The molecule has 108 valence electrons. The topological polar surface area (TPSA) is 70.0 Å². The van der Waals surface area contributed by atoms with Crippen molar-refractivity contribution in [3.05, 3.63) is 53.1 Å². The lowest BCUT2D eigenvalue weighted by Gasteiger charge is -2.12. The second-order valence-electron chi connectivity index (χ2n) is 4.06. The van der Waals surface area contributed by atoms with Gasteiger partial charge in [0.05, 0.1) is 22.3 Å². The van der Waals surface area contributed by atoms with Gasteiger partial charge in [0.1, 0.15) is 4.90 Å². The highest BCUT2D eigenvalue weighted by Gasteiger charge is 2.19. The molecule has 0 radical (unpaired) electrons. The third kappa shape index (κ3) is 3.50. The van der Waals surface area contributed by atoms with E-state index >= 15 is 0 Å². The number of rotatable bonds is 4. The van der Waals surface area contributed by atoms with E-state index < -0.39 is 10.0 Å². The molecule has 0 atom stereocenters. The van der Waals surface area contributed by atoms with Gasteiger partial charge >= 0.3 is 0 Å². The molecule has 0 aliphatic carbocycles. The number of anilines is 1. The van der Waals surface area contributed by atoms with E-state index in [1.807, 2.05) is 24.5 Å². The second kappa shape index (κ2) is 6.39. The smallest absolute Gasteiger partial charge is 0.263 e. The van der Waals surface area contributed by atoms with Crippen molar-refractivity contribution >= 4 is 39.1 Å². The van der Waals surface area contributed by atoms with Crippen LogP contribution in [0.1, 0.15) is 5.56 Å². The highest BCUT2D eigenvalue weighted by atomic mass is 35.5. The SMILES string of the molecule is CSc1ccccc1NS(=O)(=O)c1cc(C#N)ccc1Cl. The van der Waals surface area contributed by atoms with Crippen molar-refractivity contribution in [2.24, 2.45) is 0 Å². The fourth-order valence-electron chi connectivity index (χ4n) is 1.71. The van der Waals surface area contributed by atoms with Gasteiger partial charge in [-0.15, -0.1) is 11.8 Å². The summed E-state index contributed by atoms with van der Waals surface area (Å²) in [6.45, 7) is 0. The Bertz CT molecular complexity index is 814. The Kier molecular flexibility index (Phi) is 4.78. The number of halogens is 1. The lowest BCUT2D eigenvalue weighted by Crippen LogP contribution is -2.14. The van der Waals surface area contributed by atoms with Gasteiger partial charge in [0.25, 0.3) is 10.0 Å². The molecule has 0 heterocycles. The van der Waals surface area contributed by atoms with Gasteiger partial charge in [0.15, 0.2) is 0 Å². The van der Waals surface area contributed by atoms with Crippen molar-refractivity contribution in [2.75, 3.05) is 11.0 Å². The number of nitrogens with zero attached hydrogens (tertiary/aromatic N) is 1. The largest absolute Gasteiger partial charge is 0.278 e. The van der Waals surface area contributed by atoms with Gasteiger partial charge in [-0.1, -0.05) is 23.7 Å². The lowest BCUT2D eigenvalue weighted by atomic mass is 10.2.